The monoisotopic (exact) mass is 306 g/mol. The second-order valence-corrected chi connectivity index (χ2v) is 6.59. The van der Waals surface area contributed by atoms with Crippen molar-refractivity contribution < 1.29 is 4.39 Å². The van der Waals surface area contributed by atoms with Gasteiger partial charge in [-0.1, -0.05) is 11.6 Å². The summed E-state index contributed by atoms with van der Waals surface area (Å²) in [5, 5.41) is 12.5. The first-order valence-corrected chi connectivity index (χ1v) is 7.61. The number of rotatable bonds is 2. The van der Waals surface area contributed by atoms with Gasteiger partial charge in [-0.3, -0.25) is 0 Å². The van der Waals surface area contributed by atoms with Crippen molar-refractivity contribution in [3.05, 3.63) is 50.4 Å². The summed E-state index contributed by atoms with van der Waals surface area (Å²) in [5.41, 5.74) is 2.21. The molecule has 0 saturated carbocycles. The van der Waals surface area contributed by atoms with Crippen molar-refractivity contribution in [2.24, 2.45) is 0 Å². The first-order valence-electron chi connectivity index (χ1n) is 6.41. The van der Waals surface area contributed by atoms with E-state index < -0.39 is 5.82 Å². The second-order valence-electron chi connectivity index (χ2n) is 4.82. The van der Waals surface area contributed by atoms with Crippen LogP contribution in [-0.2, 0) is 6.42 Å². The number of hydrogen-bond donors (Lipinski definition) is 1. The Morgan fingerprint density at radius 3 is 3.05 bits per heavy atom. The SMILES string of the molecule is N#Cc1cc(F)ccc1NC1CCCc2sc(Cl)cc21. The number of nitrogens with zero attached hydrogens (tertiary/aromatic N) is 1. The molecular formula is C15H12ClFN2S. The summed E-state index contributed by atoms with van der Waals surface area (Å²) in [6, 6.07) is 8.41. The largest absolute Gasteiger partial charge is 0.377 e. The van der Waals surface area contributed by atoms with Crippen LogP contribution in [0.2, 0.25) is 4.34 Å². The minimum absolute atomic E-state index is 0.139. The molecule has 20 heavy (non-hydrogen) atoms. The number of anilines is 1. The Morgan fingerprint density at radius 2 is 2.25 bits per heavy atom. The smallest absolute Gasteiger partial charge is 0.124 e. The zero-order valence-electron chi connectivity index (χ0n) is 10.6. The van der Waals surface area contributed by atoms with E-state index in [9.17, 15) is 4.39 Å². The van der Waals surface area contributed by atoms with Gasteiger partial charge in [0.2, 0.25) is 0 Å². The molecule has 3 rings (SSSR count). The molecule has 1 unspecified atom stereocenters. The lowest BCUT2D eigenvalue weighted by atomic mass is 9.93. The molecule has 0 aliphatic heterocycles. The number of hydrogen-bond acceptors (Lipinski definition) is 3. The highest BCUT2D eigenvalue weighted by molar-refractivity contribution is 7.16. The predicted octanol–water partition coefficient (Wildman–Crippen LogP) is 4.90. The molecule has 5 heteroatoms. The fraction of sp³-hybridized carbons (Fsp3) is 0.267. The maximum absolute atomic E-state index is 13.2. The highest BCUT2D eigenvalue weighted by Crippen LogP contribution is 2.39. The fourth-order valence-electron chi connectivity index (χ4n) is 2.59. The van der Waals surface area contributed by atoms with Gasteiger partial charge < -0.3 is 5.32 Å². The first-order chi connectivity index (χ1) is 9.67. The molecule has 1 aliphatic carbocycles. The summed E-state index contributed by atoms with van der Waals surface area (Å²) >= 11 is 7.70. The molecule has 0 fully saturated rings. The van der Waals surface area contributed by atoms with Crippen molar-refractivity contribution in [1.82, 2.24) is 0 Å². The maximum atomic E-state index is 13.2. The highest BCUT2D eigenvalue weighted by Gasteiger charge is 2.23. The molecule has 0 amide bonds. The van der Waals surface area contributed by atoms with Gasteiger partial charge in [-0.05, 0) is 49.1 Å². The summed E-state index contributed by atoms with van der Waals surface area (Å²) in [6.45, 7) is 0. The summed E-state index contributed by atoms with van der Waals surface area (Å²) in [5.74, 6) is -0.394. The van der Waals surface area contributed by atoms with Gasteiger partial charge in [-0.15, -0.1) is 11.3 Å². The van der Waals surface area contributed by atoms with E-state index in [0.717, 1.165) is 23.6 Å². The molecule has 2 nitrogen and oxygen atoms in total. The van der Waals surface area contributed by atoms with E-state index in [1.54, 1.807) is 17.4 Å². The summed E-state index contributed by atoms with van der Waals surface area (Å²) < 4.78 is 14.0. The molecule has 0 spiro atoms. The normalized spacial score (nSPS) is 17.4. The average molecular weight is 307 g/mol. The van der Waals surface area contributed by atoms with E-state index in [-0.39, 0.29) is 6.04 Å². The molecule has 1 aromatic carbocycles. The van der Waals surface area contributed by atoms with Gasteiger partial charge in [0, 0.05) is 4.88 Å². The lowest BCUT2D eigenvalue weighted by Crippen LogP contribution is -2.16. The lowest BCUT2D eigenvalue weighted by molar-refractivity contribution is 0.607. The van der Waals surface area contributed by atoms with E-state index in [1.165, 1.54) is 22.6 Å². The van der Waals surface area contributed by atoms with Crippen molar-refractivity contribution in [3.63, 3.8) is 0 Å². The predicted molar refractivity (Wildman–Crippen MR) is 79.7 cm³/mol. The van der Waals surface area contributed by atoms with Gasteiger partial charge in [-0.25, -0.2) is 4.39 Å². The zero-order chi connectivity index (χ0) is 14.1. The molecule has 1 aliphatic rings. The van der Waals surface area contributed by atoms with Gasteiger partial charge >= 0.3 is 0 Å². The number of benzene rings is 1. The van der Waals surface area contributed by atoms with Gasteiger partial charge in [-0.2, -0.15) is 5.26 Å². The molecule has 0 radical (unpaired) electrons. The zero-order valence-corrected chi connectivity index (χ0v) is 12.2. The van der Waals surface area contributed by atoms with Crippen molar-refractivity contribution in [2.75, 3.05) is 5.32 Å². The molecule has 1 N–H and O–H groups in total. The van der Waals surface area contributed by atoms with Crippen LogP contribution >= 0.6 is 22.9 Å². The van der Waals surface area contributed by atoms with Gasteiger partial charge in [0.15, 0.2) is 0 Å². The number of thiophene rings is 1. The Balaban J connectivity index is 1.91. The number of aryl methyl sites for hydroxylation is 1. The molecule has 0 bridgehead atoms. The molecular weight excluding hydrogens is 295 g/mol. The Labute approximate surface area is 125 Å². The van der Waals surface area contributed by atoms with Crippen LogP contribution in [-0.4, -0.2) is 0 Å². The number of nitriles is 1. The summed E-state index contributed by atoms with van der Waals surface area (Å²) in [7, 11) is 0. The lowest BCUT2D eigenvalue weighted by Gasteiger charge is -2.25. The van der Waals surface area contributed by atoms with Crippen LogP contribution in [0.25, 0.3) is 0 Å². The maximum Gasteiger partial charge on any atom is 0.124 e. The van der Waals surface area contributed by atoms with Crippen LogP contribution in [0.4, 0.5) is 10.1 Å². The quantitative estimate of drug-likeness (QED) is 0.856. The minimum Gasteiger partial charge on any atom is -0.377 e. The molecule has 1 heterocycles. The molecule has 102 valence electrons. The van der Waals surface area contributed by atoms with E-state index in [1.807, 2.05) is 12.1 Å². The van der Waals surface area contributed by atoms with Gasteiger partial charge in [0.05, 0.1) is 21.6 Å². The average Bonchev–Trinajstić information content (AvgIpc) is 2.82. The van der Waals surface area contributed by atoms with Crippen LogP contribution in [0.1, 0.15) is 34.9 Å². The van der Waals surface area contributed by atoms with Crippen LogP contribution in [0.5, 0.6) is 0 Å². The van der Waals surface area contributed by atoms with E-state index in [2.05, 4.69) is 5.32 Å². The second kappa shape index (κ2) is 5.43. The first kappa shape index (κ1) is 13.4. The Hall–Kier alpha value is -1.57. The van der Waals surface area contributed by atoms with Gasteiger partial charge in [0.1, 0.15) is 11.9 Å². The highest BCUT2D eigenvalue weighted by atomic mass is 35.5. The Bertz CT molecular complexity index is 690. The minimum atomic E-state index is -0.394. The van der Waals surface area contributed by atoms with E-state index >= 15 is 0 Å². The number of fused-ring (bicyclic) bond motifs is 1. The van der Waals surface area contributed by atoms with Crippen LogP contribution in [0.15, 0.2) is 24.3 Å². The third kappa shape index (κ3) is 2.52. The Morgan fingerprint density at radius 1 is 1.40 bits per heavy atom. The molecule has 1 aromatic heterocycles. The Kier molecular flexibility index (Phi) is 3.64. The van der Waals surface area contributed by atoms with Crippen molar-refractivity contribution >= 4 is 28.6 Å². The van der Waals surface area contributed by atoms with E-state index in [4.69, 9.17) is 16.9 Å². The van der Waals surface area contributed by atoms with Crippen LogP contribution < -0.4 is 5.32 Å². The molecule has 2 aromatic rings. The van der Waals surface area contributed by atoms with E-state index in [0.29, 0.717) is 11.3 Å². The molecule has 1 atom stereocenters. The van der Waals surface area contributed by atoms with Crippen molar-refractivity contribution in [3.8, 4) is 6.07 Å². The third-order valence-electron chi connectivity index (χ3n) is 3.52. The van der Waals surface area contributed by atoms with Crippen LogP contribution in [0, 0.1) is 17.1 Å². The molecule has 0 saturated heterocycles. The van der Waals surface area contributed by atoms with Crippen LogP contribution in [0.3, 0.4) is 0 Å². The standard InChI is InChI=1S/C15H12ClFN2S/c16-15-7-11-13(2-1-3-14(11)20-15)19-12-5-4-10(17)6-9(12)8-18/h4-7,13,19H,1-3H2. The van der Waals surface area contributed by atoms with Crippen molar-refractivity contribution in [2.45, 2.75) is 25.3 Å². The topological polar surface area (TPSA) is 35.8 Å². The summed E-state index contributed by atoms with van der Waals surface area (Å²) in [6.07, 6.45) is 3.13. The van der Waals surface area contributed by atoms with Crippen molar-refractivity contribution in [1.29, 1.82) is 5.26 Å². The summed E-state index contributed by atoms with van der Waals surface area (Å²) in [4.78, 5) is 1.30. The fourth-order valence-corrected chi connectivity index (χ4v) is 3.98. The number of halogens is 2. The number of nitrogens with one attached hydrogen (secondary N) is 1. The third-order valence-corrected chi connectivity index (χ3v) is 4.86. The van der Waals surface area contributed by atoms with Gasteiger partial charge in [0.25, 0.3) is 0 Å².